The second-order valence-corrected chi connectivity index (χ2v) is 8.49. The lowest BCUT2D eigenvalue weighted by Crippen LogP contribution is -2.43. The van der Waals surface area contributed by atoms with Gasteiger partial charge < -0.3 is 4.90 Å². The van der Waals surface area contributed by atoms with Gasteiger partial charge in [-0.25, -0.2) is 4.39 Å². The third kappa shape index (κ3) is 4.30. The molecule has 30 heavy (non-hydrogen) atoms. The van der Waals surface area contributed by atoms with E-state index < -0.39 is 6.04 Å². The van der Waals surface area contributed by atoms with Crippen LogP contribution in [0.5, 0.6) is 0 Å². The van der Waals surface area contributed by atoms with Crippen molar-refractivity contribution in [1.82, 2.24) is 15.1 Å². The maximum Gasteiger partial charge on any atom is 0.254 e. The molecule has 0 spiro atoms. The van der Waals surface area contributed by atoms with Crippen LogP contribution in [0.2, 0.25) is 10.0 Å². The summed E-state index contributed by atoms with van der Waals surface area (Å²) in [5.41, 5.74) is 1.07. The van der Waals surface area contributed by atoms with Gasteiger partial charge in [-0.1, -0.05) is 34.5 Å². The van der Waals surface area contributed by atoms with Crippen molar-refractivity contribution in [2.45, 2.75) is 18.9 Å². The molecule has 1 atom stereocenters. The number of benzene rings is 2. The SMILES string of the molecule is O=C(Nc1nnc(-c2ccc(F)cc2)s1)C1CCCN1C(=O)c1ccc(Cl)c(Cl)c1. The Labute approximate surface area is 185 Å². The largest absolute Gasteiger partial charge is 0.327 e. The van der Waals surface area contributed by atoms with Crippen molar-refractivity contribution in [2.75, 3.05) is 11.9 Å². The fraction of sp³-hybridized carbons (Fsp3) is 0.200. The second kappa shape index (κ2) is 8.67. The number of hydrogen-bond acceptors (Lipinski definition) is 5. The predicted molar refractivity (Wildman–Crippen MR) is 114 cm³/mol. The molecule has 0 bridgehead atoms. The fourth-order valence-corrected chi connectivity index (χ4v) is 4.30. The van der Waals surface area contributed by atoms with Gasteiger partial charge >= 0.3 is 0 Å². The highest BCUT2D eigenvalue weighted by molar-refractivity contribution is 7.18. The van der Waals surface area contributed by atoms with Crippen molar-refractivity contribution in [3.63, 3.8) is 0 Å². The highest BCUT2D eigenvalue weighted by Crippen LogP contribution is 2.29. The predicted octanol–water partition coefficient (Wildman–Crippen LogP) is 4.89. The number of nitrogens with zero attached hydrogens (tertiary/aromatic N) is 3. The second-order valence-electron chi connectivity index (χ2n) is 6.69. The summed E-state index contributed by atoms with van der Waals surface area (Å²) < 4.78 is 13.1. The summed E-state index contributed by atoms with van der Waals surface area (Å²) in [6.07, 6.45) is 1.25. The highest BCUT2D eigenvalue weighted by Gasteiger charge is 2.35. The Hall–Kier alpha value is -2.55. The Morgan fingerprint density at radius 3 is 2.60 bits per heavy atom. The van der Waals surface area contributed by atoms with Crippen LogP contribution >= 0.6 is 34.5 Å². The van der Waals surface area contributed by atoms with Gasteiger partial charge in [-0.05, 0) is 55.3 Å². The van der Waals surface area contributed by atoms with Crippen molar-refractivity contribution in [2.24, 2.45) is 0 Å². The first kappa shape index (κ1) is 20.7. The smallest absolute Gasteiger partial charge is 0.254 e. The van der Waals surface area contributed by atoms with Gasteiger partial charge in [0.15, 0.2) is 0 Å². The van der Waals surface area contributed by atoms with Crippen LogP contribution in [0.15, 0.2) is 42.5 Å². The average molecular weight is 465 g/mol. The van der Waals surface area contributed by atoms with Gasteiger partial charge in [-0.15, -0.1) is 10.2 Å². The molecule has 0 radical (unpaired) electrons. The third-order valence-electron chi connectivity index (χ3n) is 4.73. The van der Waals surface area contributed by atoms with Crippen molar-refractivity contribution in [3.05, 3.63) is 63.9 Å². The number of amides is 2. The van der Waals surface area contributed by atoms with Crippen LogP contribution in [0, 0.1) is 5.82 Å². The summed E-state index contributed by atoms with van der Waals surface area (Å²) in [5, 5.41) is 12.3. The van der Waals surface area contributed by atoms with Crippen molar-refractivity contribution >= 4 is 51.5 Å². The van der Waals surface area contributed by atoms with E-state index in [0.717, 1.165) is 0 Å². The Kier molecular flexibility index (Phi) is 5.99. The van der Waals surface area contributed by atoms with E-state index in [1.165, 1.54) is 34.4 Å². The summed E-state index contributed by atoms with van der Waals surface area (Å²) in [4.78, 5) is 27.2. The topological polar surface area (TPSA) is 75.2 Å². The molecule has 1 aliphatic heterocycles. The third-order valence-corrected chi connectivity index (χ3v) is 6.36. The minimum Gasteiger partial charge on any atom is -0.327 e. The minimum absolute atomic E-state index is 0.282. The Bertz CT molecular complexity index is 1110. The van der Waals surface area contributed by atoms with E-state index >= 15 is 0 Å². The Balaban J connectivity index is 1.47. The molecule has 3 aromatic rings. The summed E-state index contributed by atoms with van der Waals surface area (Å²) in [6.45, 7) is 0.466. The molecule has 2 aromatic carbocycles. The first-order chi connectivity index (χ1) is 14.4. The van der Waals surface area contributed by atoms with Crippen molar-refractivity contribution in [1.29, 1.82) is 0 Å². The van der Waals surface area contributed by atoms with Gasteiger partial charge in [0.25, 0.3) is 5.91 Å². The lowest BCUT2D eigenvalue weighted by Gasteiger charge is -2.23. The van der Waals surface area contributed by atoms with Gasteiger partial charge in [0.1, 0.15) is 16.9 Å². The number of carbonyl (C=O) groups excluding carboxylic acids is 2. The number of aromatic nitrogens is 2. The molecule has 1 unspecified atom stereocenters. The van der Waals surface area contributed by atoms with E-state index in [2.05, 4.69) is 15.5 Å². The molecule has 4 rings (SSSR count). The molecule has 154 valence electrons. The lowest BCUT2D eigenvalue weighted by molar-refractivity contribution is -0.119. The van der Waals surface area contributed by atoms with Gasteiger partial charge in [0, 0.05) is 17.7 Å². The first-order valence-electron chi connectivity index (χ1n) is 9.09. The van der Waals surface area contributed by atoms with E-state index in [-0.39, 0.29) is 22.7 Å². The first-order valence-corrected chi connectivity index (χ1v) is 10.7. The molecule has 1 aliphatic rings. The molecule has 0 aliphatic carbocycles. The molecule has 1 N–H and O–H groups in total. The average Bonchev–Trinajstić information content (AvgIpc) is 3.40. The number of carbonyl (C=O) groups is 2. The number of likely N-dealkylation sites (tertiary alicyclic amines) is 1. The Morgan fingerprint density at radius 2 is 1.87 bits per heavy atom. The summed E-state index contributed by atoms with van der Waals surface area (Å²) in [7, 11) is 0. The maximum atomic E-state index is 13.1. The number of halogens is 3. The zero-order valence-corrected chi connectivity index (χ0v) is 17.8. The Morgan fingerprint density at radius 1 is 1.10 bits per heavy atom. The molecule has 6 nitrogen and oxygen atoms in total. The van der Waals surface area contributed by atoms with E-state index in [9.17, 15) is 14.0 Å². The number of anilines is 1. The van der Waals surface area contributed by atoms with Crippen LogP contribution in [0.4, 0.5) is 9.52 Å². The maximum absolute atomic E-state index is 13.1. The summed E-state index contributed by atoms with van der Waals surface area (Å²) in [5.74, 6) is -0.956. The van der Waals surface area contributed by atoms with Gasteiger partial charge in [-0.2, -0.15) is 0 Å². The molecule has 2 amide bonds. The minimum atomic E-state index is -0.620. The summed E-state index contributed by atoms with van der Waals surface area (Å²) in [6, 6.07) is 9.88. The van der Waals surface area contributed by atoms with Gasteiger partial charge in [0.05, 0.1) is 10.0 Å². The fourth-order valence-electron chi connectivity index (χ4n) is 3.25. The molecule has 2 heterocycles. The van der Waals surface area contributed by atoms with Gasteiger partial charge in [-0.3, -0.25) is 14.9 Å². The molecule has 1 fully saturated rings. The van der Waals surface area contributed by atoms with Crippen LogP contribution in [-0.2, 0) is 4.79 Å². The van der Waals surface area contributed by atoms with E-state index in [4.69, 9.17) is 23.2 Å². The standard InChI is InChI=1S/C20H15Cl2FN4O2S/c21-14-8-5-12(10-15(14)22)19(29)27-9-1-2-16(27)17(28)24-20-26-25-18(30-20)11-3-6-13(23)7-4-11/h3-8,10,16H,1-2,9H2,(H,24,26,28). The quantitative estimate of drug-likeness (QED) is 0.595. The molecular formula is C20H15Cl2FN4O2S. The normalized spacial score (nSPS) is 16.0. The monoisotopic (exact) mass is 464 g/mol. The lowest BCUT2D eigenvalue weighted by atomic mass is 10.1. The summed E-state index contributed by atoms with van der Waals surface area (Å²) >= 11 is 13.1. The van der Waals surface area contributed by atoms with E-state index in [0.29, 0.717) is 45.7 Å². The van der Waals surface area contributed by atoms with Crippen molar-refractivity contribution < 1.29 is 14.0 Å². The molecule has 1 aromatic heterocycles. The zero-order chi connectivity index (χ0) is 21.3. The molecular weight excluding hydrogens is 450 g/mol. The van der Waals surface area contributed by atoms with Crippen LogP contribution in [0.1, 0.15) is 23.2 Å². The van der Waals surface area contributed by atoms with Crippen LogP contribution < -0.4 is 5.32 Å². The van der Waals surface area contributed by atoms with Crippen LogP contribution in [0.25, 0.3) is 10.6 Å². The van der Waals surface area contributed by atoms with Gasteiger partial charge in [0.2, 0.25) is 11.0 Å². The van der Waals surface area contributed by atoms with Crippen molar-refractivity contribution in [3.8, 4) is 10.6 Å². The number of rotatable bonds is 4. The van der Waals surface area contributed by atoms with E-state index in [1.54, 1.807) is 24.3 Å². The highest BCUT2D eigenvalue weighted by atomic mass is 35.5. The van der Waals surface area contributed by atoms with Crippen LogP contribution in [-0.4, -0.2) is 39.5 Å². The van der Waals surface area contributed by atoms with E-state index in [1.807, 2.05) is 0 Å². The number of nitrogens with one attached hydrogen (secondary N) is 1. The number of hydrogen-bond donors (Lipinski definition) is 1. The molecule has 0 saturated carbocycles. The zero-order valence-electron chi connectivity index (χ0n) is 15.4. The molecule has 10 heteroatoms. The molecule has 1 saturated heterocycles. The van der Waals surface area contributed by atoms with Crippen LogP contribution in [0.3, 0.4) is 0 Å².